The Bertz CT molecular complexity index is 346. The molecule has 0 saturated heterocycles. The van der Waals surface area contributed by atoms with Crippen LogP contribution in [-0.2, 0) is 23.9 Å². The zero-order valence-corrected chi connectivity index (χ0v) is 13.2. The zero-order chi connectivity index (χ0) is 16.8. The van der Waals surface area contributed by atoms with Gasteiger partial charge >= 0.3 is 0 Å². The van der Waals surface area contributed by atoms with E-state index in [4.69, 9.17) is 14.6 Å². The fourth-order valence-corrected chi connectivity index (χ4v) is 1.36. The molecule has 128 valence electrons. The third-order valence-corrected chi connectivity index (χ3v) is 2.65. The van der Waals surface area contributed by atoms with E-state index >= 15 is 0 Å². The lowest BCUT2D eigenvalue weighted by Gasteiger charge is -2.08. The van der Waals surface area contributed by atoms with Crippen LogP contribution in [0.15, 0.2) is 0 Å². The van der Waals surface area contributed by atoms with Crippen molar-refractivity contribution in [2.75, 3.05) is 46.1 Å². The molecule has 0 aromatic rings. The Morgan fingerprint density at radius 2 is 1.55 bits per heavy atom. The van der Waals surface area contributed by atoms with Crippen molar-refractivity contribution in [3.8, 4) is 0 Å². The van der Waals surface area contributed by atoms with E-state index in [-0.39, 0.29) is 37.4 Å². The maximum atomic E-state index is 11.4. The Morgan fingerprint density at radius 1 is 0.955 bits per heavy atom. The summed E-state index contributed by atoms with van der Waals surface area (Å²) in [6, 6.07) is 0. The predicted octanol–water partition coefficient (Wildman–Crippen LogP) is -1.14. The van der Waals surface area contributed by atoms with E-state index in [1.807, 2.05) is 13.8 Å². The normalized spacial score (nSPS) is 10.5. The Kier molecular flexibility index (Phi) is 12.3. The molecule has 8 nitrogen and oxygen atoms in total. The Balaban J connectivity index is 3.36. The lowest BCUT2D eigenvalue weighted by molar-refractivity contribution is -0.126. The number of nitrogens with one attached hydrogen (secondary N) is 2. The topological polar surface area (TPSA) is 114 Å². The molecular weight excluding hydrogens is 292 g/mol. The first kappa shape index (κ1) is 20.5. The summed E-state index contributed by atoms with van der Waals surface area (Å²) in [7, 11) is 0. The molecule has 2 amide bonds. The van der Waals surface area contributed by atoms with Crippen molar-refractivity contribution in [1.82, 2.24) is 10.6 Å². The first-order valence-corrected chi connectivity index (χ1v) is 7.29. The van der Waals surface area contributed by atoms with E-state index in [9.17, 15) is 14.4 Å². The number of amides is 2. The van der Waals surface area contributed by atoms with Crippen LogP contribution in [0.2, 0.25) is 0 Å². The molecule has 0 atom stereocenters. The average molecular weight is 318 g/mol. The minimum absolute atomic E-state index is 0.0163. The quantitative estimate of drug-likeness (QED) is 0.370. The molecule has 0 aliphatic carbocycles. The Hall–Kier alpha value is -1.51. The number of Topliss-reactive ketones (excluding diaryl/α,β-unsaturated/α-hetero) is 1. The van der Waals surface area contributed by atoms with Gasteiger partial charge in [-0.3, -0.25) is 14.4 Å². The SMILES string of the molecule is CC(C)C(=O)CCOCCNC(=O)COCCNC(=O)CO. The highest BCUT2D eigenvalue weighted by Crippen LogP contribution is 1.98. The number of hydrogen-bond acceptors (Lipinski definition) is 6. The smallest absolute Gasteiger partial charge is 0.246 e. The molecule has 22 heavy (non-hydrogen) atoms. The molecule has 0 bridgehead atoms. The average Bonchev–Trinajstić information content (AvgIpc) is 2.49. The molecule has 8 heteroatoms. The van der Waals surface area contributed by atoms with Crippen molar-refractivity contribution in [2.24, 2.45) is 5.92 Å². The van der Waals surface area contributed by atoms with Crippen LogP contribution in [0.3, 0.4) is 0 Å². The molecule has 0 aliphatic heterocycles. The summed E-state index contributed by atoms with van der Waals surface area (Å²) < 4.78 is 10.3. The number of carbonyl (C=O) groups excluding carboxylic acids is 3. The van der Waals surface area contributed by atoms with Crippen molar-refractivity contribution >= 4 is 17.6 Å². The van der Waals surface area contributed by atoms with Crippen LogP contribution in [0.5, 0.6) is 0 Å². The second-order valence-corrected chi connectivity index (χ2v) is 4.89. The van der Waals surface area contributed by atoms with Gasteiger partial charge in [0.1, 0.15) is 19.0 Å². The van der Waals surface area contributed by atoms with Gasteiger partial charge in [-0.15, -0.1) is 0 Å². The molecular formula is C14H26N2O6. The largest absolute Gasteiger partial charge is 0.387 e. The molecule has 0 heterocycles. The van der Waals surface area contributed by atoms with Crippen LogP contribution >= 0.6 is 0 Å². The Morgan fingerprint density at radius 3 is 2.14 bits per heavy atom. The van der Waals surface area contributed by atoms with Gasteiger partial charge in [0.15, 0.2) is 0 Å². The van der Waals surface area contributed by atoms with E-state index in [0.29, 0.717) is 26.2 Å². The van der Waals surface area contributed by atoms with Crippen LogP contribution in [0.25, 0.3) is 0 Å². The van der Waals surface area contributed by atoms with Crippen LogP contribution in [0.4, 0.5) is 0 Å². The maximum Gasteiger partial charge on any atom is 0.246 e. The predicted molar refractivity (Wildman–Crippen MR) is 79.2 cm³/mol. The second-order valence-electron chi connectivity index (χ2n) is 4.89. The highest BCUT2D eigenvalue weighted by atomic mass is 16.5. The second kappa shape index (κ2) is 13.2. The summed E-state index contributed by atoms with van der Waals surface area (Å²) >= 11 is 0. The standard InChI is InChI=1S/C14H26N2O6/c1-11(2)12(18)3-6-21-7-4-16-14(20)10-22-8-5-15-13(19)9-17/h11,17H,3-10H2,1-2H3,(H,15,19)(H,16,20). The van der Waals surface area contributed by atoms with Crippen LogP contribution in [0, 0.1) is 5.92 Å². The molecule has 0 radical (unpaired) electrons. The lowest BCUT2D eigenvalue weighted by atomic mass is 10.1. The minimum atomic E-state index is -0.566. The Labute approximate surface area is 130 Å². The van der Waals surface area contributed by atoms with Crippen molar-refractivity contribution in [2.45, 2.75) is 20.3 Å². The monoisotopic (exact) mass is 318 g/mol. The lowest BCUT2D eigenvalue weighted by Crippen LogP contribution is -2.33. The molecule has 0 spiro atoms. The van der Waals surface area contributed by atoms with E-state index in [0.717, 1.165) is 0 Å². The number of carbonyl (C=O) groups is 3. The van der Waals surface area contributed by atoms with Gasteiger partial charge in [-0.2, -0.15) is 0 Å². The van der Waals surface area contributed by atoms with E-state index in [1.165, 1.54) is 0 Å². The summed E-state index contributed by atoms with van der Waals surface area (Å²) in [5.41, 5.74) is 0. The summed E-state index contributed by atoms with van der Waals surface area (Å²) in [6.45, 7) is 4.48. The van der Waals surface area contributed by atoms with Crippen molar-refractivity contribution in [3.63, 3.8) is 0 Å². The fraction of sp³-hybridized carbons (Fsp3) is 0.786. The molecule has 0 fully saturated rings. The van der Waals surface area contributed by atoms with Gasteiger partial charge in [0.05, 0.1) is 19.8 Å². The third-order valence-electron chi connectivity index (χ3n) is 2.65. The van der Waals surface area contributed by atoms with E-state index < -0.39 is 12.5 Å². The van der Waals surface area contributed by atoms with Crippen LogP contribution < -0.4 is 10.6 Å². The number of ketones is 1. The van der Waals surface area contributed by atoms with Crippen LogP contribution in [-0.4, -0.2) is 68.8 Å². The fourth-order valence-electron chi connectivity index (χ4n) is 1.36. The van der Waals surface area contributed by atoms with Crippen molar-refractivity contribution in [1.29, 1.82) is 0 Å². The zero-order valence-electron chi connectivity index (χ0n) is 13.2. The number of ether oxygens (including phenoxy) is 2. The molecule has 0 unspecified atom stereocenters. The molecule has 0 saturated carbocycles. The van der Waals surface area contributed by atoms with Gasteiger partial charge in [0.25, 0.3) is 0 Å². The highest BCUT2D eigenvalue weighted by molar-refractivity contribution is 5.80. The van der Waals surface area contributed by atoms with Gasteiger partial charge < -0.3 is 25.2 Å². The number of aliphatic hydroxyl groups excluding tert-OH is 1. The molecule has 3 N–H and O–H groups in total. The minimum Gasteiger partial charge on any atom is -0.387 e. The van der Waals surface area contributed by atoms with Crippen LogP contribution in [0.1, 0.15) is 20.3 Å². The maximum absolute atomic E-state index is 11.4. The summed E-state index contributed by atoms with van der Waals surface area (Å²) in [6.07, 6.45) is 0.383. The number of aliphatic hydroxyl groups is 1. The van der Waals surface area contributed by atoms with Gasteiger partial charge in [-0.25, -0.2) is 0 Å². The van der Waals surface area contributed by atoms with E-state index in [2.05, 4.69) is 10.6 Å². The van der Waals surface area contributed by atoms with Gasteiger partial charge in [0, 0.05) is 25.4 Å². The van der Waals surface area contributed by atoms with Crippen molar-refractivity contribution < 1.29 is 29.0 Å². The molecule has 0 aromatic heterocycles. The summed E-state index contributed by atoms with van der Waals surface area (Å²) in [5.74, 6) is -0.593. The number of hydrogen-bond donors (Lipinski definition) is 3. The molecule has 0 rings (SSSR count). The van der Waals surface area contributed by atoms with Gasteiger partial charge in [0.2, 0.25) is 11.8 Å². The third kappa shape index (κ3) is 12.2. The van der Waals surface area contributed by atoms with E-state index in [1.54, 1.807) is 0 Å². The highest BCUT2D eigenvalue weighted by Gasteiger charge is 2.06. The molecule has 0 aromatic carbocycles. The van der Waals surface area contributed by atoms with Gasteiger partial charge in [-0.05, 0) is 0 Å². The first-order chi connectivity index (χ1) is 10.5. The van der Waals surface area contributed by atoms with Crippen molar-refractivity contribution in [3.05, 3.63) is 0 Å². The molecule has 0 aliphatic rings. The number of rotatable bonds is 13. The summed E-state index contributed by atoms with van der Waals surface area (Å²) in [5, 5.41) is 13.4. The first-order valence-electron chi connectivity index (χ1n) is 7.29. The van der Waals surface area contributed by atoms with Gasteiger partial charge in [-0.1, -0.05) is 13.8 Å². The summed E-state index contributed by atoms with van der Waals surface area (Å²) in [4.78, 5) is 33.3.